The molecular weight excluding hydrogens is 446 g/mol. The maximum atomic E-state index is 13.2. The Hall–Kier alpha value is -3.10. The number of aromatic amines is 1. The molecular formula is C24H28ClN3O5. The van der Waals surface area contributed by atoms with Gasteiger partial charge in [0.25, 0.3) is 11.7 Å². The van der Waals surface area contributed by atoms with Crippen LogP contribution in [0.3, 0.4) is 0 Å². The number of hydrogen-bond acceptors (Lipinski definition) is 6. The normalized spacial score (nSPS) is 17.8. The molecule has 3 rings (SSSR count). The van der Waals surface area contributed by atoms with E-state index >= 15 is 0 Å². The number of carbonyl (C=O) groups is 3. The van der Waals surface area contributed by atoms with Crippen LogP contribution in [0.2, 0.25) is 5.02 Å². The lowest BCUT2D eigenvalue weighted by Gasteiger charge is -2.26. The number of aliphatic hydroxyl groups is 1. The van der Waals surface area contributed by atoms with E-state index in [1.54, 1.807) is 38.1 Å². The highest BCUT2D eigenvalue weighted by Crippen LogP contribution is 2.41. The number of Topliss-reactive ketones (excluding diaryl/α,β-unsaturated/α-hetero) is 1. The summed E-state index contributed by atoms with van der Waals surface area (Å²) in [7, 11) is 5.12. The number of benzene rings is 1. The summed E-state index contributed by atoms with van der Waals surface area (Å²) in [5.41, 5.74) is 2.04. The molecule has 0 aliphatic carbocycles. The number of halogens is 1. The van der Waals surface area contributed by atoms with Crippen LogP contribution in [0.5, 0.6) is 0 Å². The van der Waals surface area contributed by atoms with Crippen LogP contribution in [0, 0.1) is 13.8 Å². The first-order chi connectivity index (χ1) is 15.6. The largest absolute Gasteiger partial charge is 0.507 e. The number of nitrogens with one attached hydrogen (secondary N) is 1. The first-order valence-corrected chi connectivity index (χ1v) is 10.9. The van der Waals surface area contributed by atoms with Crippen molar-refractivity contribution in [3.05, 3.63) is 62.9 Å². The Balaban J connectivity index is 2.17. The molecule has 1 aliphatic heterocycles. The summed E-state index contributed by atoms with van der Waals surface area (Å²) >= 11 is 6.05. The van der Waals surface area contributed by atoms with Gasteiger partial charge in [0.15, 0.2) is 0 Å². The number of nitrogens with zero attached hydrogens (tertiary/aromatic N) is 2. The lowest BCUT2D eigenvalue weighted by Crippen LogP contribution is -2.32. The van der Waals surface area contributed by atoms with Crippen LogP contribution in [0.1, 0.15) is 45.3 Å². The third-order valence-corrected chi connectivity index (χ3v) is 6.05. The lowest BCUT2D eigenvalue weighted by molar-refractivity contribution is -0.139. The summed E-state index contributed by atoms with van der Waals surface area (Å²) in [6, 6.07) is 6.06. The molecule has 1 saturated heterocycles. The molecule has 1 amide bonds. The Kier molecular flexibility index (Phi) is 7.29. The van der Waals surface area contributed by atoms with Crippen LogP contribution in [0.4, 0.5) is 0 Å². The number of carbonyl (C=O) groups excluding carboxylic acids is 3. The van der Waals surface area contributed by atoms with Gasteiger partial charge in [-0.2, -0.15) is 0 Å². The van der Waals surface area contributed by atoms with Gasteiger partial charge in [0.2, 0.25) is 0 Å². The number of aryl methyl sites for hydroxylation is 1. The average Bonchev–Trinajstić information content (AvgIpc) is 3.20. The van der Waals surface area contributed by atoms with Crippen molar-refractivity contribution in [3.63, 3.8) is 0 Å². The Bertz CT molecular complexity index is 1120. The molecule has 1 atom stereocenters. The lowest BCUT2D eigenvalue weighted by atomic mass is 9.94. The predicted molar refractivity (Wildman–Crippen MR) is 125 cm³/mol. The number of H-pyrrole nitrogens is 1. The van der Waals surface area contributed by atoms with Gasteiger partial charge in [-0.1, -0.05) is 23.7 Å². The van der Waals surface area contributed by atoms with Crippen molar-refractivity contribution in [1.29, 1.82) is 0 Å². The van der Waals surface area contributed by atoms with Crippen molar-refractivity contribution in [1.82, 2.24) is 14.8 Å². The second kappa shape index (κ2) is 9.80. The zero-order chi connectivity index (χ0) is 24.4. The van der Waals surface area contributed by atoms with E-state index in [9.17, 15) is 19.5 Å². The molecule has 2 heterocycles. The summed E-state index contributed by atoms with van der Waals surface area (Å²) < 4.78 is 4.80. The molecule has 176 valence electrons. The molecule has 1 fully saturated rings. The average molecular weight is 474 g/mol. The van der Waals surface area contributed by atoms with E-state index in [0.717, 1.165) is 6.54 Å². The molecule has 2 N–H and O–H groups in total. The van der Waals surface area contributed by atoms with Crippen LogP contribution < -0.4 is 0 Å². The molecule has 8 nitrogen and oxygen atoms in total. The quantitative estimate of drug-likeness (QED) is 0.276. The highest BCUT2D eigenvalue weighted by Gasteiger charge is 2.46. The molecule has 1 aliphatic rings. The van der Waals surface area contributed by atoms with Crippen molar-refractivity contribution in [2.75, 3.05) is 34.3 Å². The van der Waals surface area contributed by atoms with Crippen LogP contribution in [-0.4, -0.2) is 71.8 Å². The van der Waals surface area contributed by atoms with Crippen LogP contribution in [0.15, 0.2) is 29.8 Å². The molecule has 0 radical (unpaired) electrons. The Morgan fingerprint density at radius 3 is 2.42 bits per heavy atom. The fourth-order valence-electron chi connectivity index (χ4n) is 4.21. The van der Waals surface area contributed by atoms with Gasteiger partial charge in [0, 0.05) is 22.8 Å². The fraction of sp³-hybridized carbons (Fsp3) is 0.375. The van der Waals surface area contributed by atoms with Crippen molar-refractivity contribution in [3.8, 4) is 0 Å². The standard InChI is InChI=1S/C24H28ClN3O5/c1-13-17(14(2)26-19(13)24(32)33-5)21(29)18-20(15-7-9-16(25)10-8-15)28(23(31)22(18)30)12-6-11-27(3)4/h7-10,20,26,29H,6,11-12H2,1-5H3/t20-/m0/s1. The molecule has 9 heteroatoms. The first-order valence-electron chi connectivity index (χ1n) is 10.5. The zero-order valence-corrected chi connectivity index (χ0v) is 20.1. The van der Waals surface area contributed by atoms with Crippen LogP contribution >= 0.6 is 11.6 Å². The van der Waals surface area contributed by atoms with Crippen LogP contribution in [-0.2, 0) is 14.3 Å². The molecule has 1 aromatic carbocycles. The first kappa shape index (κ1) is 24.5. The second-order valence-electron chi connectivity index (χ2n) is 8.32. The van der Waals surface area contributed by atoms with E-state index in [1.165, 1.54) is 12.0 Å². The topological polar surface area (TPSA) is 103 Å². The molecule has 0 saturated carbocycles. The van der Waals surface area contributed by atoms with E-state index in [2.05, 4.69) is 4.98 Å². The molecule has 2 aromatic rings. The number of ether oxygens (including phenoxy) is 1. The van der Waals surface area contributed by atoms with E-state index in [-0.39, 0.29) is 17.0 Å². The summed E-state index contributed by atoms with van der Waals surface area (Å²) in [6.45, 7) is 4.40. The van der Waals surface area contributed by atoms with Crippen molar-refractivity contribution in [2.45, 2.75) is 26.3 Å². The van der Waals surface area contributed by atoms with Gasteiger partial charge in [-0.15, -0.1) is 0 Å². The Labute approximate surface area is 197 Å². The molecule has 0 bridgehead atoms. The molecule has 33 heavy (non-hydrogen) atoms. The number of ketones is 1. The number of methoxy groups -OCH3 is 1. The third-order valence-electron chi connectivity index (χ3n) is 5.79. The minimum absolute atomic E-state index is 0.0196. The number of rotatable bonds is 7. The Morgan fingerprint density at radius 1 is 1.21 bits per heavy atom. The van der Waals surface area contributed by atoms with Crippen molar-refractivity contribution in [2.24, 2.45) is 0 Å². The summed E-state index contributed by atoms with van der Waals surface area (Å²) in [4.78, 5) is 44.7. The van der Waals surface area contributed by atoms with Gasteiger partial charge < -0.3 is 24.6 Å². The van der Waals surface area contributed by atoms with Gasteiger partial charge >= 0.3 is 5.97 Å². The summed E-state index contributed by atoms with van der Waals surface area (Å²) in [5, 5.41) is 11.8. The smallest absolute Gasteiger partial charge is 0.354 e. The zero-order valence-electron chi connectivity index (χ0n) is 19.4. The van der Waals surface area contributed by atoms with E-state index in [0.29, 0.717) is 40.4 Å². The monoisotopic (exact) mass is 473 g/mol. The third kappa shape index (κ3) is 4.67. The second-order valence-corrected chi connectivity index (χ2v) is 8.75. The maximum Gasteiger partial charge on any atom is 0.354 e. The van der Waals surface area contributed by atoms with Crippen molar-refractivity contribution >= 4 is 35.0 Å². The number of likely N-dealkylation sites (tertiary alicyclic amines) is 1. The number of aromatic nitrogens is 1. The molecule has 1 aromatic heterocycles. The van der Waals surface area contributed by atoms with E-state index < -0.39 is 23.7 Å². The van der Waals surface area contributed by atoms with E-state index in [4.69, 9.17) is 16.3 Å². The Morgan fingerprint density at radius 2 is 1.85 bits per heavy atom. The molecule has 0 unspecified atom stereocenters. The minimum atomic E-state index is -0.778. The van der Waals surface area contributed by atoms with Gasteiger partial charge in [0.1, 0.15) is 11.5 Å². The van der Waals surface area contributed by atoms with Gasteiger partial charge in [0.05, 0.1) is 18.7 Å². The highest BCUT2D eigenvalue weighted by atomic mass is 35.5. The van der Waals surface area contributed by atoms with Crippen LogP contribution in [0.25, 0.3) is 5.76 Å². The predicted octanol–water partition coefficient (Wildman–Crippen LogP) is 3.44. The SMILES string of the molecule is COC(=O)c1[nH]c(C)c(C(O)=C2C(=O)C(=O)N(CCCN(C)C)[C@H]2c2ccc(Cl)cc2)c1C. The van der Waals surface area contributed by atoms with Gasteiger partial charge in [-0.05, 0) is 64.2 Å². The summed E-state index contributed by atoms with van der Waals surface area (Å²) in [5.74, 6) is -2.36. The van der Waals surface area contributed by atoms with Gasteiger partial charge in [-0.3, -0.25) is 9.59 Å². The minimum Gasteiger partial charge on any atom is -0.507 e. The van der Waals surface area contributed by atoms with E-state index in [1.807, 2.05) is 19.0 Å². The fourth-order valence-corrected chi connectivity index (χ4v) is 4.33. The number of aliphatic hydroxyl groups excluding tert-OH is 1. The highest BCUT2D eigenvalue weighted by molar-refractivity contribution is 6.46. The number of amides is 1. The summed E-state index contributed by atoms with van der Waals surface area (Å²) in [6.07, 6.45) is 0.652. The molecule has 0 spiro atoms. The maximum absolute atomic E-state index is 13.2. The number of esters is 1. The number of hydrogen-bond donors (Lipinski definition) is 2. The van der Waals surface area contributed by atoms with Gasteiger partial charge in [-0.25, -0.2) is 4.79 Å². The van der Waals surface area contributed by atoms with Crippen molar-refractivity contribution < 1.29 is 24.2 Å².